The van der Waals surface area contributed by atoms with Gasteiger partial charge in [0.25, 0.3) is 0 Å². The molecule has 1 aliphatic carbocycles. The van der Waals surface area contributed by atoms with Crippen molar-refractivity contribution in [3.05, 3.63) is 42.0 Å². The van der Waals surface area contributed by atoms with Crippen LogP contribution >= 0.6 is 0 Å². The van der Waals surface area contributed by atoms with Crippen molar-refractivity contribution in [2.75, 3.05) is 11.9 Å². The minimum Gasteiger partial charge on any atom is -0.385 e. The first-order valence-electron chi connectivity index (χ1n) is 6.04. The molecule has 3 heteroatoms. The Morgan fingerprint density at radius 2 is 2.29 bits per heavy atom. The van der Waals surface area contributed by atoms with E-state index in [2.05, 4.69) is 17.5 Å². The summed E-state index contributed by atoms with van der Waals surface area (Å²) < 4.78 is 0. The largest absolute Gasteiger partial charge is 0.385 e. The van der Waals surface area contributed by atoms with Crippen molar-refractivity contribution in [2.24, 2.45) is 11.7 Å². The second-order valence-electron chi connectivity index (χ2n) is 4.48. The van der Waals surface area contributed by atoms with Gasteiger partial charge in [0.2, 0.25) is 5.91 Å². The van der Waals surface area contributed by atoms with Gasteiger partial charge >= 0.3 is 0 Å². The summed E-state index contributed by atoms with van der Waals surface area (Å²) in [5, 5.41) is 3.37. The van der Waals surface area contributed by atoms with Crippen LogP contribution in [0.4, 0.5) is 5.69 Å². The number of nitrogens with one attached hydrogen (secondary N) is 1. The first kappa shape index (κ1) is 11.7. The second kappa shape index (κ2) is 5.53. The van der Waals surface area contributed by atoms with Gasteiger partial charge in [0.05, 0.1) is 0 Å². The molecule has 1 aliphatic rings. The highest BCUT2D eigenvalue weighted by atomic mass is 16.1. The third kappa shape index (κ3) is 3.34. The highest BCUT2D eigenvalue weighted by Gasteiger charge is 2.09. The normalized spacial score (nSPS) is 18.9. The summed E-state index contributed by atoms with van der Waals surface area (Å²) in [6.45, 7) is 0.951. The topological polar surface area (TPSA) is 55.1 Å². The van der Waals surface area contributed by atoms with E-state index >= 15 is 0 Å². The van der Waals surface area contributed by atoms with E-state index in [1.165, 1.54) is 12.8 Å². The van der Waals surface area contributed by atoms with E-state index in [1.54, 1.807) is 12.1 Å². The van der Waals surface area contributed by atoms with Crippen molar-refractivity contribution >= 4 is 11.6 Å². The van der Waals surface area contributed by atoms with Gasteiger partial charge in [-0.3, -0.25) is 4.79 Å². The van der Waals surface area contributed by atoms with Gasteiger partial charge in [0, 0.05) is 17.8 Å². The van der Waals surface area contributed by atoms with E-state index in [9.17, 15) is 4.79 Å². The fraction of sp³-hybridized carbons (Fsp3) is 0.357. The molecule has 0 bridgehead atoms. The summed E-state index contributed by atoms with van der Waals surface area (Å²) >= 11 is 0. The quantitative estimate of drug-likeness (QED) is 0.781. The average molecular weight is 230 g/mol. The van der Waals surface area contributed by atoms with Crippen LogP contribution in [0.5, 0.6) is 0 Å². The van der Waals surface area contributed by atoms with Gasteiger partial charge in [-0.2, -0.15) is 0 Å². The van der Waals surface area contributed by atoms with Crippen molar-refractivity contribution in [1.82, 2.24) is 0 Å². The zero-order valence-corrected chi connectivity index (χ0v) is 9.86. The molecular weight excluding hydrogens is 212 g/mol. The number of nitrogens with two attached hydrogens (primary N) is 1. The Labute approximate surface area is 102 Å². The number of allylic oxidation sites excluding steroid dienone is 2. The molecule has 1 aromatic carbocycles. The van der Waals surface area contributed by atoms with Gasteiger partial charge < -0.3 is 11.1 Å². The molecule has 0 spiro atoms. The fourth-order valence-corrected chi connectivity index (χ4v) is 2.09. The molecule has 0 fully saturated rings. The van der Waals surface area contributed by atoms with Gasteiger partial charge in [0.15, 0.2) is 0 Å². The molecule has 1 amide bonds. The number of anilines is 1. The maximum atomic E-state index is 11.0. The van der Waals surface area contributed by atoms with Crippen LogP contribution in [0.15, 0.2) is 36.4 Å². The number of hydrogen-bond donors (Lipinski definition) is 2. The zero-order valence-electron chi connectivity index (χ0n) is 9.86. The minimum absolute atomic E-state index is 0.380. The van der Waals surface area contributed by atoms with Crippen molar-refractivity contribution in [2.45, 2.75) is 19.3 Å². The molecule has 2 rings (SSSR count). The maximum absolute atomic E-state index is 11.0. The van der Waals surface area contributed by atoms with Crippen LogP contribution < -0.4 is 11.1 Å². The minimum atomic E-state index is -0.380. The summed E-state index contributed by atoms with van der Waals surface area (Å²) in [5.74, 6) is 0.312. The Bertz CT molecular complexity index is 426. The molecule has 0 aliphatic heterocycles. The molecule has 0 heterocycles. The summed E-state index contributed by atoms with van der Waals surface area (Å²) in [6, 6.07) is 7.35. The van der Waals surface area contributed by atoms with Crippen molar-refractivity contribution in [3.63, 3.8) is 0 Å². The van der Waals surface area contributed by atoms with E-state index in [1.807, 2.05) is 12.1 Å². The Kier molecular flexibility index (Phi) is 3.81. The van der Waals surface area contributed by atoms with Crippen LogP contribution in [0.2, 0.25) is 0 Å². The Morgan fingerprint density at radius 3 is 3.00 bits per heavy atom. The molecule has 0 saturated carbocycles. The SMILES string of the molecule is NC(=O)c1cccc(NCC2CC=CCC2)c1. The molecule has 0 radical (unpaired) electrons. The standard InChI is InChI=1S/C14H18N2O/c15-14(17)12-7-4-8-13(9-12)16-10-11-5-2-1-3-6-11/h1-2,4,7-9,11,16H,3,5-6,10H2,(H2,15,17). The van der Waals surface area contributed by atoms with E-state index < -0.39 is 0 Å². The lowest BCUT2D eigenvalue weighted by molar-refractivity contribution is 0.100. The average Bonchev–Trinajstić information content (AvgIpc) is 2.38. The van der Waals surface area contributed by atoms with Crippen LogP contribution in [0.3, 0.4) is 0 Å². The molecule has 1 atom stereocenters. The van der Waals surface area contributed by atoms with Crippen molar-refractivity contribution < 1.29 is 4.79 Å². The van der Waals surface area contributed by atoms with Crippen molar-refractivity contribution in [1.29, 1.82) is 0 Å². The summed E-state index contributed by atoms with van der Waals surface area (Å²) in [7, 11) is 0. The van der Waals surface area contributed by atoms with E-state index in [4.69, 9.17) is 5.73 Å². The van der Waals surface area contributed by atoms with Crippen LogP contribution in [0, 0.1) is 5.92 Å². The van der Waals surface area contributed by atoms with Gasteiger partial charge in [-0.15, -0.1) is 0 Å². The molecule has 17 heavy (non-hydrogen) atoms. The molecule has 90 valence electrons. The first-order chi connectivity index (χ1) is 8.25. The number of carbonyl (C=O) groups is 1. The van der Waals surface area contributed by atoms with Gasteiger partial charge in [0.1, 0.15) is 0 Å². The highest BCUT2D eigenvalue weighted by Crippen LogP contribution is 2.19. The van der Waals surface area contributed by atoms with Crippen LogP contribution in [0.25, 0.3) is 0 Å². The van der Waals surface area contributed by atoms with Crippen LogP contribution in [-0.2, 0) is 0 Å². The summed E-state index contributed by atoms with van der Waals surface area (Å²) in [6.07, 6.45) is 8.04. The van der Waals surface area contributed by atoms with Crippen LogP contribution in [0.1, 0.15) is 29.6 Å². The number of carbonyl (C=O) groups excluding carboxylic acids is 1. The lowest BCUT2D eigenvalue weighted by Crippen LogP contribution is -2.16. The third-order valence-corrected chi connectivity index (χ3v) is 3.12. The molecule has 1 unspecified atom stereocenters. The molecule has 0 aromatic heterocycles. The third-order valence-electron chi connectivity index (χ3n) is 3.12. The molecule has 3 nitrogen and oxygen atoms in total. The number of benzene rings is 1. The number of amides is 1. The summed E-state index contributed by atoms with van der Waals surface area (Å²) in [4.78, 5) is 11.0. The maximum Gasteiger partial charge on any atom is 0.248 e. The fourth-order valence-electron chi connectivity index (χ4n) is 2.09. The van der Waals surface area contributed by atoms with Gasteiger partial charge in [-0.25, -0.2) is 0 Å². The zero-order chi connectivity index (χ0) is 12.1. The van der Waals surface area contributed by atoms with Crippen molar-refractivity contribution in [3.8, 4) is 0 Å². The highest BCUT2D eigenvalue weighted by molar-refractivity contribution is 5.93. The van der Waals surface area contributed by atoms with Gasteiger partial charge in [-0.05, 0) is 43.4 Å². The molecular formula is C14H18N2O. The smallest absolute Gasteiger partial charge is 0.248 e. The second-order valence-corrected chi connectivity index (χ2v) is 4.48. The number of primary amides is 1. The lowest BCUT2D eigenvalue weighted by Gasteiger charge is -2.18. The molecule has 0 saturated heterocycles. The van der Waals surface area contributed by atoms with E-state index in [0.29, 0.717) is 11.5 Å². The predicted octanol–water partition coefficient (Wildman–Crippen LogP) is 2.55. The Morgan fingerprint density at radius 1 is 1.41 bits per heavy atom. The Balaban J connectivity index is 1.92. The number of rotatable bonds is 4. The first-order valence-corrected chi connectivity index (χ1v) is 6.04. The molecule has 1 aromatic rings. The summed E-state index contributed by atoms with van der Waals surface area (Å²) in [5.41, 5.74) is 6.77. The monoisotopic (exact) mass is 230 g/mol. The van der Waals surface area contributed by atoms with Gasteiger partial charge in [-0.1, -0.05) is 18.2 Å². The van der Waals surface area contributed by atoms with E-state index in [0.717, 1.165) is 18.7 Å². The lowest BCUT2D eigenvalue weighted by atomic mass is 9.94. The predicted molar refractivity (Wildman–Crippen MR) is 69.9 cm³/mol. The Hall–Kier alpha value is -1.77. The van der Waals surface area contributed by atoms with E-state index in [-0.39, 0.29) is 5.91 Å². The number of hydrogen-bond acceptors (Lipinski definition) is 2. The van der Waals surface area contributed by atoms with Crippen LogP contribution in [-0.4, -0.2) is 12.5 Å². The molecule has 3 N–H and O–H groups in total.